The van der Waals surface area contributed by atoms with Crippen molar-refractivity contribution < 1.29 is 14.3 Å². The molecule has 0 aliphatic rings. The summed E-state index contributed by atoms with van der Waals surface area (Å²) in [6.45, 7) is 1.84. The van der Waals surface area contributed by atoms with E-state index in [-0.39, 0.29) is 23.1 Å². The van der Waals surface area contributed by atoms with Crippen LogP contribution in [0, 0.1) is 6.92 Å². The Labute approximate surface area is 138 Å². The zero-order valence-electron chi connectivity index (χ0n) is 13.3. The maximum Gasteiger partial charge on any atom is 0.338 e. The third-order valence-corrected chi connectivity index (χ3v) is 3.56. The second-order valence-corrected chi connectivity index (χ2v) is 5.29. The molecule has 0 amide bonds. The number of carbonyl (C=O) groups is 1. The minimum Gasteiger partial charge on any atom is -0.494 e. The highest BCUT2D eigenvalue weighted by atomic mass is 16.5. The van der Waals surface area contributed by atoms with Gasteiger partial charge in [0.15, 0.2) is 0 Å². The Bertz CT molecular complexity index is 948. The molecule has 1 N–H and O–H groups in total. The summed E-state index contributed by atoms with van der Waals surface area (Å²) < 4.78 is 10.6. The van der Waals surface area contributed by atoms with Gasteiger partial charge in [-0.25, -0.2) is 9.78 Å². The van der Waals surface area contributed by atoms with Gasteiger partial charge in [0.25, 0.3) is 5.56 Å². The number of H-pyrrole nitrogens is 1. The average Bonchev–Trinajstić information content (AvgIpc) is 2.59. The number of benzene rings is 2. The highest BCUT2D eigenvalue weighted by Crippen LogP contribution is 2.24. The first-order valence-electron chi connectivity index (χ1n) is 7.38. The van der Waals surface area contributed by atoms with Crippen molar-refractivity contribution >= 4 is 16.9 Å². The lowest BCUT2D eigenvalue weighted by Gasteiger charge is -2.09. The maximum absolute atomic E-state index is 12.3. The van der Waals surface area contributed by atoms with Crippen LogP contribution >= 0.6 is 0 Å². The number of rotatable bonds is 4. The van der Waals surface area contributed by atoms with Crippen LogP contribution in [0.15, 0.2) is 47.3 Å². The van der Waals surface area contributed by atoms with Crippen LogP contribution in [-0.4, -0.2) is 23.0 Å². The molecule has 1 aromatic heterocycles. The van der Waals surface area contributed by atoms with Crippen LogP contribution in [0.5, 0.6) is 5.75 Å². The van der Waals surface area contributed by atoms with Crippen LogP contribution in [0.1, 0.15) is 21.7 Å². The fourth-order valence-corrected chi connectivity index (χ4v) is 2.40. The number of hydrogen-bond acceptors (Lipinski definition) is 5. The summed E-state index contributed by atoms with van der Waals surface area (Å²) in [6, 6.07) is 12.4. The molecular weight excluding hydrogens is 308 g/mol. The molecule has 122 valence electrons. The molecule has 0 aliphatic heterocycles. The van der Waals surface area contributed by atoms with Crippen molar-refractivity contribution in [3.05, 3.63) is 69.8 Å². The molecule has 24 heavy (non-hydrogen) atoms. The van der Waals surface area contributed by atoms with Crippen molar-refractivity contribution in [1.82, 2.24) is 9.97 Å². The summed E-state index contributed by atoms with van der Waals surface area (Å²) in [6.07, 6.45) is 0. The van der Waals surface area contributed by atoms with Crippen LogP contribution in [0.4, 0.5) is 0 Å². The Balaban J connectivity index is 1.94. The van der Waals surface area contributed by atoms with Crippen molar-refractivity contribution in [3.63, 3.8) is 0 Å². The number of aromatic amines is 1. The molecule has 6 heteroatoms. The first kappa shape index (κ1) is 15.7. The van der Waals surface area contributed by atoms with Crippen molar-refractivity contribution in [2.24, 2.45) is 0 Å². The molecule has 0 spiro atoms. The van der Waals surface area contributed by atoms with E-state index in [0.29, 0.717) is 17.1 Å². The van der Waals surface area contributed by atoms with Gasteiger partial charge in [-0.3, -0.25) is 4.79 Å². The third kappa shape index (κ3) is 3.12. The lowest BCUT2D eigenvalue weighted by atomic mass is 10.1. The van der Waals surface area contributed by atoms with Gasteiger partial charge in [-0.05, 0) is 24.6 Å². The molecule has 6 nitrogen and oxygen atoms in total. The second kappa shape index (κ2) is 6.54. The van der Waals surface area contributed by atoms with Gasteiger partial charge in [-0.1, -0.05) is 30.3 Å². The standard InChI is InChI=1S/C18H16N2O4/c1-11-19-16-14(17(21)20-11)8-13(9-15(16)23-2)18(22)24-10-12-6-4-3-5-7-12/h3-9H,10H2,1-2H3,(H,19,20,21). The number of hydrogen-bond donors (Lipinski definition) is 1. The Morgan fingerprint density at radius 3 is 2.67 bits per heavy atom. The van der Waals surface area contributed by atoms with Crippen LogP contribution in [0.2, 0.25) is 0 Å². The zero-order valence-corrected chi connectivity index (χ0v) is 13.3. The number of aromatic nitrogens is 2. The predicted octanol–water partition coefficient (Wildman–Crippen LogP) is 2.60. The molecule has 0 unspecified atom stereocenters. The van der Waals surface area contributed by atoms with Gasteiger partial charge in [0, 0.05) is 0 Å². The van der Waals surface area contributed by atoms with E-state index in [0.717, 1.165) is 5.56 Å². The SMILES string of the molecule is COc1cc(C(=O)OCc2ccccc2)cc2c(=O)[nH]c(C)nc12. The second-order valence-electron chi connectivity index (χ2n) is 5.29. The Morgan fingerprint density at radius 2 is 1.96 bits per heavy atom. The fourth-order valence-electron chi connectivity index (χ4n) is 2.40. The topological polar surface area (TPSA) is 81.3 Å². The Morgan fingerprint density at radius 1 is 1.21 bits per heavy atom. The highest BCUT2D eigenvalue weighted by Gasteiger charge is 2.15. The van der Waals surface area contributed by atoms with Gasteiger partial charge < -0.3 is 14.5 Å². The number of nitrogens with zero attached hydrogens (tertiary/aromatic N) is 1. The molecule has 0 bridgehead atoms. The van der Waals surface area contributed by atoms with E-state index in [1.807, 2.05) is 30.3 Å². The minimum atomic E-state index is -0.529. The van der Waals surface area contributed by atoms with Crippen LogP contribution in [0.3, 0.4) is 0 Å². The summed E-state index contributed by atoms with van der Waals surface area (Å²) in [5, 5.41) is 0.284. The quantitative estimate of drug-likeness (QED) is 0.746. The molecule has 3 rings (SSSR count). The number of ether oxygens (including phenoxy) is 2. The first-order valence-corrected chi connectivity index (χ1v) is 7.38. The van der Waals surface area contributed by atoms with Crippen LogP contribution in [0.25, 0.3) is 10.9 Å². The van der Waals surface area contributed by atoms with E-state index in [1.54, 1.807) is 6.92 Å². The summed E-state index contributed by atoms with van der Waals surface area (Å²) in [5.41, 5.74) is 1.21. The van der Waals surface area contributed by atoms with E-state index in [9.17, 15) is 9.59 Å². The molecule has 0 fully saturated rings. The van der Waals surface area contributed by atoms with E-state index in [1.165, 1.54) is 19.2 Å². The molecule has 3 aromatic rings. The number of carbonyl (C=O) groups excluding carboxylic acids is 1. The summed E-state index contributed by atoms with van der Waals surface area (Å²) in [4.78, 5) is 31.3. The van der Waals surface area contributed by atoms with E-state index in [2.05, 4.69) is 9.97 Å². The maximum atomic E-state index is 12.3. The van der Waals surface area contributed by atoms with Crippen LogP contribution in [-0.2, 0) is 11.3 Å². The summed E-state index contributed by atoms with van der Waals surface area (Å²) >= 11 is 0. The van der Waals surface area contributed by atoms with Crippen molar-refractivity contribution in [2.75, 3.05) is 7.11 Å². The monoisotopic (exact) mass is 324 g/mol. The van der Waals surface area contributed by atoms with Gasteiger partial charge in [0.05, 0.1) is 18.1 Å². The predicted molar refractivity (Wildman–Crippen MR) is 89.2 cm³/mol. The van der Waals surface area contributed by atoms with Gasteiger partial charge >= 0.3 is 5.97 Å². The first-order chi connectivity index (χ1) is 11.6. The van der Waals surface area contributed by atoms with Crippen molar-refractivity contribution in [3.8, 4) is 5.75 Å². The number of fused-ring (bicyclic) bond motifs is 1. The largest absolute Gasteiger partial charge is 0.494 e. The molecule has 0 saturated carbocycles. The summed E-state index contributed by atoms with van der Waals surface area (Å²) in [7, 11) is 1.46. The van der Waals surface area contributed by atoms with Gasteiger partial charge in [0.1, 0.15) is 23.7 Å². The number of esters is 1. The van der Waals surface area contributed by atoms with Crippen LogP contribution < -0.4 is 10.3 Å². The van der Waals surface area contributed by atoms with Gasteiger partial charge in [-0.2, -0.15) is 0 Å². The van der Waals surface area contributed by atoms with Crippen molar-refractivity contribution in [1.29, 1.82) is 0 Å². The molecule has 2 aromatic carbocycles. The smallest absolute Gasteiger partial charge is 0.338 e. The molecule has 0 radical (unpaired) electrons. The molecule has 0 atom stereocenters. The van der Waals surface area contributed by atoms with Gasteiger partial charge in [0.2, 0.25) is 0 Å². The van der Waals surface area contributed by atoms with E-state index < -0.39 is 5.97 Å². The fraction of sp³-hybridized carbons (Fsp3) is 0.167. The summed E-state index contributed by atoms with van der Waals surface area (Å²) in [5.74, 6) is 0.303. The van der Waals surface area contributed by atoms with Crippen molar-refractivity contribution in [2.45, 2.75) is 13.5 Å². The number of aryl methyl sites for hydroxylation is 1. The van der Waals surface area contributed by atoms with E-state index in [4.69, 9.17) is 9.47 Å². The highest BCUT2D eigenvalue weighted by molar-refractivity contribution is 5.96. The number of nitrogens with one attached hydrogen (secondary N) is 1. The Hall–Kier alpha value is -3.15. The molecule has 0 saturated heterocycles. The van der Waals surface area contributed by atoms with Gasteiger partial charge in [-0.15, -0.1) is 0 Å². The zero-order chi connectivity index (χ0) is 17.1. The average molecular weight is 324 g/mol. The number of methoxy groups -OCH3 is 1. The molecule has 1 heterocycles. The Kier molecular flexibility index (Phi) is 4.29. The van der Waals surface area contributed by atoms with E-state index >= 15 is 0 Å². The lowest BCUT2D eigenvalue weighted by Crippen LogP contribution is -2.12. The third-order valence-electron chi connectivity index (χ3n) is 3.56. The normalized spacial score (nSPS) is 10.6. The molecular formula is C18H16N2O4. The molecule has 0 aliphatic carbocycles. The lowest BCUT2D eigenvalue weighted by molar-refractivity contribution is 0.0472. The minimum absolute atomic E-state index is 0.155.